The average molecular weight is 267 g/mol. The van der Waals surface area contributed by atoms with E-state index in [4.69, 9.17) is 9.84 Å². The van der Waals surface area contributed by atoms with E-state index in [1.807, 2.05) is 4.68 Å². The summed E-state index contributed by atoms with van der Waals surface area (Å²) in [6, 6.07) is 0. The van der Waals surface area contributed by atoms with Gasteiger partial charge in [-0.25, -0.2) is 9.67 Å². The predicted molar refractivity (Wildman–Crippen MR) is 68.5 cm³/mol. The number of hydrogen-bond acceptors (Lipinski definition) is 4. The van der Waals surface area contributed by atoms with E-state index in [2.05, 4.69) is 17.0 Å². The molecular weight excluding hydrogens is 246 g/mol. The van der Waals surface area contributed by atoms with Gasteiger partial charge >= 0.3 is 5.97 Å². The van der Waals surface area contributed by atoms with Gasteiger partial charge in [0.05, 0.1) is 12.0 Å². The monoisotopic (exact) mass is 267 g/mol. The molecule has 1 heterocycles. The standard InChI is InChI=1S/C13H21N3O3/c1-2-7-16-12(14-9-15-16)8-19-11-5-3-10(4-6-11)13(17)18/h9-11H,2-8H2,1H3,(H,17,18). The van der Waals surface area contributed by atoms with Crippen molar-refractivity contribution >= 4 is 5.97 Å². The summed E-state index contributed by atoms with van der Waals surface area (Å²) in [6.45, 7) is 3.41. The van der Waals surface area contributed by atoms with E-state index in [0.29, 0.717) is 19.4 Å². The van der Waals surface area contributed by atoms with Crippen molar-refractivity contribution in [3.63, 3.8) is 0 Å². The van der Waals surface area contributed by atoms with Crippen molar-refractivity contribution in [1.82, 2.24) is 14.8 Å². The normalized spacial score (nSPS) is 23.4. The minimum Gasteiger partial charge on any atom is -0.481 e. The van der Waals surface area contributed by atoms with Gasteiger partial charge < -0.3 is 9.84 Å². The van der Waals surface area contributed by atoms with Crippen LogP contribution >= 0.6 is 0 Å². The molecule has 1 aromatic rings. The van der Waals surface area contributed by atoms with Crippen molar-refractivity contribution in [3.8, 4) is 0 Å². The number of nitrogens with zero attached hydrogens (tertiary/aromatic N) is 3. The molecule has 6 nitrogen and oxygen atoms in total. The van der Waals surface area contributed by atoms with Crippen LogP contribution in [0.5, 0.6) is 0 Å². The Kier molecular flexibility index (Phi) is 4.90. The number of aromatic nitrogens is 3. The number of aryl methyl sites for hydroxylation is 1. The van der Waals surface area contributed by atoms with Crippen LogP contribution in [0.2, 0.25) is 0 Å². The highest BCUT2D eigenvalue weighted by molar-refractivity contribution is 5.70. The first-order valence-electron chi connectivity index (χ1n) is 6.91. The lowest BCUT2D eigenvalue weighted by molar-refractivity contribution is -0.143. The molecule has 1 aliphatic carbocycles. The highest BCUT2D eigenvalue weighted by atomic mass is 16.5. The van der Waals surface area contributed by atoms with Crippen LogP contribution in [0.4, 0.5) is 0 Å². The molecule has 1 aliphatic rings. The van der Waals surface area contributed by atoms with Gasteiger partial charge in [-0.15, -0.1) is 0 Å². The van der Waals surface area contributed by atoms with E-state index < -0.39 is 5.97 Å². The molecule has 0 unspecified atom stereocenters. The molecule has 1 aromatic heterocycles. The van der Waals surface area contributed by atoms with Gasteiger partial charge in [0, 0.05) is 6.54 Å². The van der Waals surface area contributed by atoms with E-state index in [9.17, 15) is 4.79 Å². The fraction of sp³-hybridized carbons (Fsp3) is 0.769. The molecule has 0 aromatic carbocycles. The number of hydrogen-bond donors (Lipinski definition) is 1. The molecule has 1 fully saturated rings. The summed E-state index contributed by atoms with van der Waals surface area (Å²) in [7, 11) is 0. The third-order valence-corrected chi connectivity index (χ3v) is 3.60. The Hall–Kier alpha value is -1.43. The van der Waals surface area contributed by atoms with E-state index >= 15 is 0 Å². The van der Waals surface area contributed by atoms with E-state index in [-0.39, 0.29) is 12.0 Å². The Morgan fingerprint density at radius 3 is 2.84 bits per heavy atom. The number of aliphatic carboxylic acids is 1. The van der Waals surface area contributed by atoms with Gasteiger partial charge in [-0.3, -0.25) is 4.79 Å². The van der Waals surface area contributed by atoms with Crippen LogP contribution in [-0.4, -0.2) is 31.9 Å². The maximum atomic E-state index is 10.9. The molecule has 2 rings (SSSR count). The highest BCUT2D eigenvalue weighted by Gasteiger charge is 2.26. The number of rotatable bonds is 6. The largest absolute Gasteiger partial charge is 0.481 e. The topological polar surface area (TPSA) is 77.2 Å². The lowest BCUT2D eigenvalue weighted by atomic mass is 9.87. The molecule has 6 heteroatoms. The molecule has 1 N–H and O–H groups in total. The third kappa shape index (κ3) is 3.76. The number of ether oxygens (including phenoxy) is 1. The Bertz CT molecular complexity index is 411. The van der Waals surface area contributed by atoms with Crippen LogP contribution in [-0.2, 0) is 22.7 Å². The molecule has 0 bridgehead atoms. The molecule has 0 radical (unpaired) electrons. The summed E-state index contributed by atoms with van der Waals surface area (Å²) in [6.07, 6.45) is 5.78. The molecule has 0 amide bonds. The Balaban J connectivity index is 1.77. The quantitative estimate of drug-likeness (QED) is 0.851. The SMILES string of the molecule is CCCn1ncnc1COC1CCC(C(=O)O)CC1. The summed E-state index contributed by atoms with van der Waals surface area (Å²) >= 11 is 0. The fourth-order valence-electron chi connectivity index (χ4n) is 2.47. The lowest BCUT2D eigenvalue weighted by Gasteiger charge is -2.26. The highest BCUT2D eigenvalue weighted by Crippen LogP contribution is 2.26. The van der Waals surface area contributed by atoms with Gasteiger partial charge in [-0.2, -0.15) is 5.10 Å². The molecule has 19 heavy (non-hydrogen) atoms. The molecular formula is C13H21N3O3. The van der Waals surface area contributed by atoms with Crippen LogP contribution in [0.25, 0.3) is 0 Å². The number of carbonyl (C=O) groups is 1. The molecule has 0 saturated heterocycles. The Morgan fingerprint density at radius 2 is 2.21 bits per heavy atom. The second-order valence-electron chi connectivity index (χ2n) is 5.02. The molecule has 1 saturated carbocycles. The third-order valence-electron chi connectivity index (χ3n) is 3.60. The summed E-state index contributed by atoms with van der Waals surface area (Å²) in [5, 5.41) is 13.1. The van der Waals surface area contributed by atoms with Gasteiger partial charge in [-0.1, -0.05) is 6.92 Å². The molecule has 106 valence electrons. The van der Waals surface area contributed by atoms with Gasteiger partial charge in [0.2, 0.25) is 0 Å². The van der Waals surface area contributed by atoms with Crippen LogP contribution in [0.15, 0.2) is 6.33 Å². The van der Waals surface area contributed by atoms with E-state index in [1.54, 1.807) is 6.33 Å². The van der Waals surface area contributed by atoms with E-state index in [1.165, 1.54) is 0 Å². The van der Waals surface area contributed by atoms with Crippen LogP contribution in [0.3, 0.4) is 0 Å². The summed E-state index contributed by atoms with van der Waals surface area (Å²) in [5.74, 6) is -0.0214. The predicted octanol–water partition coefficient (Wildman–Crippen LogP) is 1.85. The fourth-order valence-corrected chi connectivity index (χ4v) is 2.47. The summed E-state index contributed by atoms with van der Waals surface area (Å²) < 4.78 is 7.69. The molecule has 0 spiro atoms. The van der Waals surface area contributed by atoms with Gasteiger partial charge in [0.1, 0.15) is 12.9 Å². The van der Waals surface area contributed by atoms with Gasteiger partial charge in [0.15, 0.2) is 5.82 Å². The van der Waals surface area contributed by atoms with Crippen molar-refractivity contribution in [1.29, 1.82) is 0 Å². The van der Waals surface area contributed by atoms with Crippen molar-refractivity contribution in [3.05, 3.63) is 12.2 Å². The van der Waals surface area contributed by atoms with Crippen molar-refractivity contribution in [2.75, 3.05) is 0 Å². The van der Waals surface area contributed by atoms with Crippen molar-refractivity contribution < 1.29 is 14.6 Å². The second kappa shape index (κ2) is 6.65. The Morgan fingerprint density at radius 1 is 1.47 bits per heavy atom. The Labute approximate surface area is 112 Å². The number of carboxylic acids is 1. The minimum absolute atomic E-state index is 0.155. The molecule has 0 atom stereocenters. The number of carboxylic acid groups (broad SMARTS) is 1. The zero-order valence-corrected chi connectivity index (χ0v) is 11.3. The van der Waals surface area contributed by atoms with Gasteiger partial charge in [-0.05, 0) is 32.1 Å². The minimum atomic E-state index is -0.680. The lowest BCUT2D eigenvalue weighted by Crippen LogP contribution is -2.26. The van der Waals surface area contributed by atoms with E-state index in [0.717, 1.165) is 31.6 Å². The summed E-state index contributed by atoms with van der Waals surface area (Å²) in [4.78, 5) is 15.1. The zero-order valence-electron chi connectivity index (χ0n) is 11.3. The first kappa shape index (κ1) is 14.0. The van der Waals surface area contributed by atoms with Crippen molar-refractivity contribution in [2.24, 2.45) is 5.92 Å². The summed E-state index contributed by atoms with van der Waals surface area (Å²) in [5.41, 5.74) is 0. The van der Waals surface area contributed by atoms with Crippen LogP contribution in [0, 0.1) is 5.92 Å². The maximum Gasteiger partial charge on any atom is 0.306 e. The first-order valence-corrected chi connectivity index (χ1v) is 6.91. The average Bonchev–Trinajstić information content (AvgIpc) is 2.85. The van der Waals surface area contributed by atoms with Gasteiger partial charge in [0.25, 0.3) is 0 Å². The maximum absolute atomic E-state index is 10.9. The molecule has 0 aliphatic heterocycles. The zero-order chi connectivity index (χ0) is 13.7. The first-order chi connectivity index (χ1) is 9.20. The smallest absolute Gasteiger partial charge is 0.306 e. The van der Waals surface area contributed by atoms with Crippen LogP contribution in [0.1, 0.15) is 44.9 Å². The van der Waals surface area contributed by atoms with Crippen LogP contribution < -0.4 is 0 Å². The second-order valence-corrected chi connectivity index (χ2v) is 5.02. The van der Waals surface area contributed by atoms with Crippen molar-refractivity contribution in [2.45, 2.75) is 58.3 Å².